The van der Waals surface area contributed by atoms with E-state index >= 15 is 0 Å². The first-order valence-corrected chi connectivity index (χ1v) is 10.1. The van der Waals surface area contributed by atoms with Crippen LogP contribution in [0.4, 0.5) is 5.69 Å². The molecule has 1 aromatic heterocycles. The summed E-state index contributed by atoms with van der Waals surface area (Å²) in [6, 6.07) is 7.70. The third-order valence-electron chi connectivity index (χ3n) is 4.07. The summed E-state index contributed by atoms with van der Waals surface area (Å²) in [6.07, 6.45) is -1.04. The van der Waals surface area contributed by atoms with E-state index < -0.39 is 24.0 Å². The number of hydrogen-bond acceptors (Lipinski definition) is 5. The number of hydrogen-bond donors (Lipinski definition) is 2. The van der Waals surface area contributed by atoms with Gasteiger partial charge in [-0.05, 0) is 48.9 Å². The van der Waals surface area contributed by atoms with Crippen molar-refractivity contribution in [3.63, 3.8) is 0 Å². The molecule has 150 valence electrons. The zero-order valence-corrected chi connectivity index (χ0v) is 17.7. The summed E-state index contributed by atoms with van der Waals surface area (Å²) < 4.78 is 5.30. The Labute approximate surface area is 173 Å². The third-order valence-corrected chi connectivity index (χ3v) is 5.18. The van der Waals surface area contributed by atoms with E-state index in [1.165, 1.54) is 18.3 Å². The average Bonchev–Trinajstić information content (AvgIpc) is 3.16. The van der Waals surface area contributed by atoms with Crippen molar-refractivity contribution in [2.45, 2.75) is 39.8 Å². The fourth-order valence-corrected chi connectivity index (χ4v) is 3.18. The van der Waals surface area contributed by atoms with Crippen LogP contribution >= 0.6 is 22.9 Å². The molecule has 28 heavy (non-hydrogen) atoms. The van der Waals surface area contributed by atoms with Crippen LogP contribution < -0.4 is 10.6 Å². The molecule has 0 bridgehead atoms. The summed E-state index contributed by atoms with van der Waals surface area (Å²) in [5.74, 6) is -1.70. The highest BCUT2D eigenvalue weighted by molar-refractivity contribution is 7.12. The molecule has 1 heterocycles. The molecule has 0 saturated heterocycles. The Hall–Kier alpha value is -2.38. The summed E-state index contributed by atoms with van der Waals surface area (Å²) in [5, 5.41) is 7.65. The fourth-order valence-electron chi connectivity index (χ4n) is 2.38. The Kier molecular flexibility index (Phi) is 7.60. The van der Waals surface area contributed by atoms with E-state index in [1.54, 1.807) is 49.6 Å². The number of anilines is 1. The molecule has 2 aromatic rings. The van der Waals surface area contributed by atoms with Crippen LogP contribution in [0.2, 0.25) is 5.02 Å². The summed E-state index contributed by atoms with van der Waals surface area (Å²) in [7, 11) is 0. The summed E-state index contributed by atoms with van der Waals surface area (Å²) in [5.41, 5.74) is 1.38. The molecule has 2 atom stereocenters. The first kappa shape index (κ1) is 21.9. The van der Waals surface area contributed by atoms with Gasteiger partial charge in [0.1, 0.15) is 6.04 Å². The number of thiophene rings is 1. The Morgan fingerprint density at radius 1 is 1.14 bits per heavy atom. The zero-order chi connectivity index (χ0) is 20.8. The van der Waals surface area contributed by atoms with Gasteiger partial charge >= 0.3 is 5.97 Å². The lowest BCUT2D eigenvalue weighted by molar-refractivity contribution is -0.156. The van der Waals surface area contributed by atoms with Crippen molar-refractivity contribution in [3.05, 3.63) is 51.2 Å². The van der Waals surface area contributed by atoms with Crippen molar-refractivity contribution in [3.8, 4) is 0 Å². The second-order valence-corrected chi connectivity index (χ2v) is 8.08. The van der Waals surface area contributed by atoms with E-state index in [0.29, 0.717) is 15.6 Å². The molecule has 1 aromatic carbocycles. The third kappa shape index (κ3) is 5.81. The number of aryl methyl sites for hydroxylation is 1. The number of nitrogens with one attached hydrogen (secondary N) is 2. The van der Waals surface area contributed by atoms with Gasteiger partial charge in [-0.1, -0.05) is 37.6 Å². The molecule has 0 aliphatic carbocycles. The minimum atomic E-state index is -1.04. The van der Waals surface area contributed by atoms with E-state index in [4.69, 9.17) is 16.3 Å². The van der Waals surface area contributed by atoms with Gasteiger partial charge in [-0.3, -0.25) is 9.59 Å². The van der Waals surface area contributed by atoms with Crippen LogP contribution in [0.5, 0.6) is 0 Å². The number of esters is 1. The number of ether oxygens (including phenoxy) is 1. The van der Waals surface area contributed by atoms with Crippen LogP contribution in [0.3, 0.4) is 0 Å². The van der Waals surface area contributed by atoms with Gasteiger partial charge in [-0.2, -0.15) is 0 Å². The minimum absolute atomic E-state index is 0.207. The second kappa shape index (κ2) is 9.71. The van der Waals surface area contributed by atoms with Crippen LogP contribution in [0.15, 0.2) is 35.7 Å². The monoisotopic (exact) mass is 422 g/mol. The van der Waals surface area contributed by atoms with E-state index in [-0.39, 0.29) is 11.8 Å². The van der Waals surface area contributed by atoms with Crippen molar-refractivity contribution in [1.29, 1.82) is 0 Å². The second-order valence-electron chi connectivity index (χ2n) is 6.70. The summed E-state index contributed by atoms with van der Waals surface area (Å²) in [6.45, 7) is 6.89. The maximum absolute atomic E-state index is 12.5. The maximum Gasteiger partial charge on any atom is 0.329 e. The van der Waals surface area contributed by atoms with Gasteiger partial charge in [0.2, 0.25) is 0 Å². The normalized spacial score (nSPS) is 12.9. The molecule has 8 heteroatoms. The standard InChI is InChI=1S/C20H23ClN2O4S/c1-11(2)17(23-19(25)16-6-5-9-28-16)20(26)27-13(4)18(24)22-15-10-14(21)8-7-12(15)3/h5-11,13,17H,1-4H3,(H,22,24)(H,23,25)/t13-,17-/m1/s1. The minimum Gasteiger partial charge on any atom is -0.451 e. The van der Waals surface area contributed by atoms with Crippen molar-refractivity contribution >= 4 is 46.4 Å². The Morgan fingerprint density at radius 3 is 2.46 bits per heavy atom. The lowest BCUT2D eigenvalue weighted by Gasteiger charge is -2.23. The van der Waals surface area contributed by atoms with Gasteiger partial charge in [0.05, 0.1) is 4.88 Å². The first-order chi connectivity index (χ1) is 13.2. The van der Waals surface area contributed by atoms with Crippen LogP contribution in [0.25, 0.3) is 0 Å². The number of rotatable bonds is 7. The molecule has 0 spiro atoms. The van der Waals surface area contributed by atoms with Gasteiger partial charge in [0.25, 0.3) is 11.8 Å². The van der Waals surface area contributed by atoms with Crippen LogP contribution in [-0.2, 0) is 14.3 Å². The molecule has 2 N–H and O–H groups in total. The zero-order valence-electron chi connectivity index (χ0n) is 16.1. The number of carbonyl (C=O) groups is 3. The highest BCUT2D eigenvalue weighted by Gasteiger charge is 2.29. The van der Waals surface area contributed by atoms with Gasteiger partial charge in [0.15, 0.2) is 6.10 Å². The largest absolute Gasteiger partial charge is 0.451 e. The average molecular weight is 423 g/mol. The summed E-state index contributed by atoms with van der Waals surface area (Å²) in [4.78, 5) is 37.7. The Bertz CT molecular complexity index is 852. The van der Waals surface area contributed by atoms with E-state index in [9.17, 15) is 14.4 Å². The van der Waals surface area contributed by atoms with E-state index in [1.807, 2.05) is 6.92 Å². The molecular formula is C20H23ClN2O4S. The topological polar surface area (TPSA) is 84.5 Å². The number of benzene rings is 1. The molecule has 0 unspecified atom stereocenters. The van der Waals surface area contributed by atoms with Crippen molar-refractivity contribution in [2.24, 2.45) is 5.92 Å². The molecule has 0 radical (unpaired) electrons. The lowest BCUT2D eigenvalue weighted by Crippen LogP contribution is -2.47. The van der Waals surface area contributed by atoms with Crippen LogP contribution in [0.1, 0.15) is 36.0 Å². The predicted octanol–water partition coefficient (Wildman–Crippen LogP) is 4.03. The number of carbonyl (C=O) groups excluding carboxylic acids is 3. The number of amides is 2. The molecule has 2 rings (SSSR count). The quantitative estimate of drug-likeness (QED) is 0.659. The Balaban J connectivity index is 2.00. The molecular weight excluding hydrogens is 400 g/mol. The van der Waals surface area contributed by atoms with Crippen LogP contribution in [0, 0.1) is 12.8 Å². The van der Waals surface area contributed by atoms with Gasteiger partial charge < -0.3 is 15.4 Å². The molecule has 2 amide bonds. The highest BCUT2D eigenvalue weighted by Crippen LogP contribution is 2.20. The van der Waals surface area contributed by atoms with Crippen LogP contribution in [-0.4, -0.2) is 29.9 Å². The molecule has 0 aliphatic rings. The predicted molar refractivity (Wildman–Crippen MR) is 111 cm³/mol. The SMILES string of the molecule is Cc1ccc(Cl)cc1NC(=O)[C@@H](C)OC(=O)[C@H](NC(=O)c1cccs1)C(C)C. The van der Waals surface area contributed by atoms with Gasteiger partial charge in [0, 0.05) is 10.7 Å². The van der Waals surface area contributed by atoms with E-state index in [0.717, 1.165) is 5.56 Å². The smallest absolute Gasteiger partial charge is 0.329 e. The van der Waals surface area contributed by atoms with Crippen molar-refractivity contribution < 1.29 is 19.1 Å². The van der Waals surface area contributed by atoms with Crippen molar-refractivity contribution in [2.75, 3.05) is 5.32 Å². The van der Waals surface area contributed by atoms with Gasteiger partial charge in [-0.15, -0.1) is 11.3 Å². The summed E-state index contributed by atoms with van der Waals surface area (Å²) >= 11 is 7.24. The first-order valence-electron chi connectivity index (χ1n) is 8.81. The maximum atomic E-state index is 12.5. The number of halogens is 1. The van der Waals surface area contributed by atoms with E-state index in [2.05, 4.69) is 10.6 Å². The molecule has 0 saturated carbocycles. The van der Waals surface area contributed by atoms with Gasteiger partial charge in [-0.25, -0.2) is 4.79 Å². The fraction of sp³-hybridized carbons (Fsp3) is 0.350. The Morgan fingerprint density at radius 2 is 1.86 bits per heavy atom. The lowest BCUT2D eigenvalue weighted by atomic mass is 10.0. The highest BCUT2D eigenvalue weighted by atomic mass is 35.5. The molecule has 0 fully saturated rings. The molecule has 6 nitrogen and oxygen atoms in total. The van der Waals surface area contributed by atoms with Crippen molar-refractivity contribution in [1.82, 2.24) is 5.32 Å². The molecule has 0 aliphatic heterocycles.